The van der Waals surface area contributed by atoms with Gasteiger partial charge in [0, 0.05) is 7.11 Å². The van der Waals surface area contributed by atoms with Crippen molar-refractivity contribution in [3.05, 3.63) is 0 Å². The summed E-state index contributed by atoms with van der Waals surface area (Å²) in [6, 6.07) is 1.98. The molecular weight excluding hydrogens is 116 g/mol. The van der Waals surface area contributed by atoms with Gasteiger partial charge in [0.1, 0.15) is 5.54 Å². The van der Waals surface area contributed by atoms with Crippen molar-refractivity contribution in [1.29, 1.82) is 5.26 Å². The zero-order valence-corrected chi connectivity index (χ0v) is 5.85. The largest absolute Gasteiger partial charge is 0.382 e. The van der Waals surface area contributed by atoms with Crippen LogP contribution in [0.1, 0.15) is 13.3 Å². The van der Waals surface area contributed by atoms with Crippen molar-refractivity contribution < 1.29 is 4.74 Å². The van der Waals surface area contributed by atoms with Gasteiger partial charge in [-0.1, -0.05) is 6.92 Å². The van der Waals surface area contributed by atoms with Crippen LogP contribution in [0.3, 0.4) is 0 Å². The molecule has 0 aliphatic heterocycles. The summed E-state index contributed by atoms with van der Waals surface area (Å²) in [5, 5.41) is 8.46. The molecule has 0 bridgehead atoms. The highest BCUT2D eigenvalue weighted by Gasteiger charge is 2.20. The Morgan fingerprint density at radius 1 is 1.78 bits per heavy atom. The fourth-order valence-electron chi connectivity index (χ4n) is 0.471. The summed E-state index contributed by atoms with van der Waals surface area (Å²) >= 11 is 0. The SMILES string of the molecule is CCC(N)(C#N)COC. The first-order chi connectivity index (χ1) is 4.18. The molecule has 2 N–H and O–H groups in total. The van der Waals surface area contributed by atoms with E-state index in [9.17, 15) is 0 Å². The molecule has 1 unspecified atom stereocenters. The molecule has 0 heterocycles. The summed E-state index contributed by atoms with van der Waals surface area (Å²) in [6.07, 6.45) is 0.622. The Morgan fingerprint density at radius 2 is 2.33 bits per heavy atom. The maximum absolute atomic E-state index is 8.46. The zero-order chi connectivity index (χ0) is 7.33. The van der Waals surface area contributed by atoms with Crippen molar-refractivity contribution in [3.63, 3.8) is 0 Å². The summed E-state index contributed by atoms with van der Waals surface area (Å²) < 4.78 is 4.74. The number of ether oxygens (including phenoxy) is 1. The van der Waals surface area contributed by atoms with E-state index in [2.05, 4.69) is 0 Å². The van der Waals surface area contributed by atoms with Gasteiger partial charge < -0.3 is 10.5 Å². The normalized spacial score (nSPS) is 16.2. The number of nitrogens with two attached hydrogens (primary N) is 1. The zero-order valence-electron chi connectivity index (χ0n) is 5.85. The molecule has 0 radical (unpaired) electrons. The first-order valence-corrected chi connectivity index (χ1v) is 2.87. The topological polar surface area (TPSA) is 59.0 Å². The highest BCUT2D eigenvalue weighted by molar-refractivity contribution is 5.03. The van der Waals surface area contributed by atoms with Crippen LogP contribution >= 0.6 is 0 Å². The van der Waals surface area contributed by atoms with Crippen LogP contribution in [0.5, 0.6) is 0 Å². The molecule has 1 atom stereocenters. The Labute approximate surface area is 55.4 Å². The molecule has 0 saturated heterocycles. The molecule has 9 heavy (non-hydrogen) atoms. The van der Waals surface area contributed by atoms with Gasteiger partial charge in [-0.25, -0.2) is 0 Å². The van der Waals surface area contributed by atoms with Gasteiger partial charge in [-0.2, -0.15) is 5.26 Å². The van der Waals surface area contributed by atoms with E-state index < -0.39 is 5.54 Å². The Hall–Kier alpha value is -0.590. The minimum Gasteiger partial charge on any atom is -0.382 e. The minimum absolute atomic E-state index is 0.306. The van der Waals surface area contributed by atoms with Crippen LogP contribution in [-0.4, -0.2) is 19.3 Å². The first kappa shape index (κ1) is 8.41. The molecule has 0 aliphatic rings. The molecule has 0 aromatic rings. The molecule has 0 aromatic carbocycles. The smallest absolute Gasteiger partial charge is 0.127 e. The average Bonchev–Trinajstić information content (AvgIpc) is 1.89. The van der Waals surface area contributed by atoms with Gasteiger partial charge in [0.15, 0.2) is 0 Å². The van der Waals surface area contributed by atoms with E-state index in [1.165, 1.54) is 7.11 Å². The number of rotatable bonds is 3. The van der Waals surface area contributed by atoms with Crippen LogP contribution in [-0.2, 0) is 4.74 Å². The number of nitrogens with zero attached hydrogens (tertiary/aromatic N) is 1. The monoisotopic (exact) mass is 128 g/mol. The molecule has 0 aliphatic carbocycles. The van der Waals surface area contributed by atoms with E-state index in [1.54, 1.807) is 0 Å². The lowest BCUT2D eigenvalue weighted by atomic mass is 10.0. The molecule has 0 amide bonds. The van der Waals surface area contributed by atoms with Gasteiger partial charge in [-0.05, 0) is 6.42 Å². The Kier molecular flexibility index (Phi) is 3.21. The van der Waals surface area contributed by atoms with Crippen molar-refractivity contribution in [2.24, 2.45) is 5.73 Å². The third kappa shape index (κ3) is 2.45. The second-order valence-electron chi connectivity index (χ2n) is 2.05. The van der Waals surface area contributed by atoms with Crippen molar-refractivity contribution in [1.82, 2.24) is 0 Å². The average molecular weight is 128 g/mol. The van der Waals surface area contributed by atoms with E-state index in [0.717, 1.165) is 0 Å². The number of methoxy groups -OCH3 is 1. The number of hydrogen-bond acceptors (Lipinski definition) is 3. The third-order valence-corrected chi connectivity index (χ3v) is 1.26. The predicted octanol–water partition coefficient (Wildman–Crippen LogP) is 0.264. The van der Waals surface area contributed by atoms with Gasteiger partial charge in [-0.3, -0.25) is 0 Å². The Morgan fingerprint density at radius 3 is 2.44 bits per heavy atom. The molecule has 52 valence electrons. The highest BCUT2D eigenvalue weighted by Crippen LogP contribution is 2.03. The highest BCUT2D eigenvalue weighted by atomic mass is 16.5. The van der Waals surface area contributed by atoms with E-state index in [4.69, 9.17) is 15.7 Å². The Bertz CT molecular complexity index is 119. The van der Waals surface area contributed by atoms with Crippen LogP contribution < -0.4 is 5.73 Å². The maximum Gasteiger partial charge on any atom is 0.127 e. The minimum atomic E-state index is -0.783. The van der Waals surface area contributed by atoms with Crippen LogP contribution in [0.15, 0.2) is 0 Å². The summed E-state index contributed by atoms with van der Waals surface area (Å²) in [6.45, 7) is 2.17. The molecule has 3 heteroatoms. The molecule has 3 nitrogen and oxygen atoms in total. The molecule has 0 fully saturated rings. The van der Waals surface area contributed by atoms with Gasteiger partial charge in [0.25, 0.3) is 0 Å². The van der Waals surface area contributed by atoms with Crippen molar-refractivity contribution in [2.75, 3.05) is 13.7 Å². The van der Waals surface area contributed by atoms with Gasteiger partial charge in [-0.15, -0.1) is 0 Å². The quantitative estimate of drug-likeness (QED) is 0.593. The van der Waals surface area contributed by atoms with Gasteiger partial charge >= 0.3 is 0 Å². The molecule has 0 saturated carbocycles. The van der Waals surface area contributed by atoms with Gasteiger partial charge in [0.2, 0.25) is 0 Å². The number of nitriles is 1. The van der Waals surface area contributed by atoms with E-state index in [1.807, 2.05) is 13.0 Å². The second kappa shape index (κ2) is 3.44. The summed E-state index contributed by atoms with van der Waals surface area (Å²) in [5.74, 6) is 0. The lowest BCUT2D eigenvalue weighted by molar-refractivity contribution is 0.154. The van der Waals surface area contributed by atoms with Crippen LogP contribution in [0, 0.1) is 11.3 Å². The van der Waals surface area contributed by atoms with Crippen LogP contribution in [0.25, 0.3) is 0 Å². The van der Waals surface area contributed by atoms with Crippen LogP contribution in [0.4, 0.5) is 0 Å². The van der Waals surface area contributed by atoms with Crippen molar-refractivity contribution in [3.8, 4) is 6.07 Å². The fraction of sp³-hybridized carbons (Fsp3) is 0.833. The van der Waals surface area contributed by atoms with Crippen LogP contribution in [0.2, 0.25) is 0 Å². The van der Waals surface area contributed by atoms with Crippen molar-refractivity contribution in [2.45, 2.75) is 18.9 Å². The maximum atomic E-state index is 8.46. The van der Waals surface area contributed by atoms with Crippen molar-refractivity contribution >= 4 is 0 Å². The lowest BCUT2D eigenvalue weighted by Crippen LogP contribution is -2.41. The van der Waals surface area contributed by atoms with Gasteiger partial charge in [0.05, 0.1) is 12.7 Å². The molecule has 0 aromatic heterocycles. The van der Waals surface area contributed by atoms with E-state index in [-0.39, 0.29) is 0 Å². The van der Waals surface area contributed by atoms with E-state index in [0.29, 0.717) is 13.0 Å². The predicted molar refractivity (Wildman–Crippen MR) is 34.7 cm³/mol. The number of hydrogen-bond donors (Lipinski definition) is 1. The fourth-order valence-corrected chi connectivity index (χ4v) is 0.471. The second-order valence-corrected chi connectivity index (χ2v) is 2.05. The molecular formula is C6H12N2O. The standard InChI is InChI=1S/C6H12N2O/c1-3-6(8,4-7)5-9-2/h3,5,8H2,1-2H3. The summed E-state index contributed by atoms with van der Waals surface area (Å²) in [5.41, 5.74) is 4.74. The summed E-state index contributed by atoms with van der Waals surface area (Å²) in [4.78, 5) is 0. The first-order valence-electron chi connectivity index (χ1n) is 2.87. The summed E-state index contributed by atoms with van der Waals surface area (Å²) in [7, 11) is 1.54. The Balaban J connectivity index is 3.81. The lowest BCUT2D eigenvalue weighted by Gasteiger charge is -2.16. The third-order valence-electron chi connectivity index (χ3n) is 1.26. The molecule has 0 spiro atoms. The van der Waals surface area contributed by atoms with E-state index >= 15 is 0 Å². The molecule has 0 rings (SSSR count).